The van der Waals surface area contributed by atoms with Crippen LogP contribution in [0.25, 0.3) is 10.9 Å². The third kappa shape index (κ3) is 5.35. The van der Waals surface area contributed by atoms with E-state index in [0.717, 1.165) is 45.1 Å². The molecule has 1 aliphatic carbocycles. The highest BCUT2D eigenvalue weighted by molar-refractivity contribution is 5.93. The molecule has 6 nitrogen and oxygen atoms in total. The molecule has 1 aromatic carbocycles. The molecule has 0 spiro atoms. The number of hydrogen-bond donors (Lipinski definition) is 3. The molecule has 4 N–H and O–H groups in total. The van der Waals surface area contributed by atoms with Crippen molar-refractivity contribution in [1.29, 1.82) is 0 Å². The summed E-state index contributed by atoms with van der Waals surface area (Å²) in [5.74, 6) is -1.81. The molecule has 0 bridgehead atoms. The third-order valence-electron chi connectivity index (χ3n) is 5.49. The molecular formula is C22H30FN3O3. The summed E-state index contributed by atoms with van der Waals surface area (Å²) < 4.78 is 16.4. The minimum absolute atomic E-state index is 0.123. The Morgan fingerprint density at radius 3 is 2.41 bits per heavy atom. The zero-order valence-electron chi connectivity index (χ0n) is 16.8. The summed E-state index contributed by atoms with van der Waals surface area (Å²) in [5, 5.41) is 12.6. The van der Waals surface area contributed by atoms with E-state index in [0.29, 0.717) is 17.7 Å². The van der Waals surface area contributed by atoms with Gasteiger partial charge >= 0.3 is 5.97 Å². The molecule has 29 heavy (non-hydrogen) atoms. The van der Waals surface area contributed by atoms with Gasteiger partial charge in [0.15, 0.2) is 0 Å². The molecule has 2 aromatic rings. The van der Waals surface area contributed by atoms with Gasteiger partial charge in [0.25, 0.3) is 0 Å². The lowest BCUT2D eigenvalue weighted by atomic mass is 10.1. The number of nitrogens with one attached hydrogen (secondary N) is 1. The van der Waals surface area contributed by atoms with Crippen molar-refractivity contribution in [3.05, 3.63) is 39.9 Å². The zero-order valence-corrected chi connectivity index (χ0v) is 16.8. The molecule has 0 unspecified atom stereocenters. The Morgan fingerprint density at radius 2 is 1.79 bits per heavy atom. The van der Waals surface area contributed by atoms with Crippen LogP contribution < -0.4 is 16.5 Å². The molecule has 0 saturated heterocycles. The Labute approximate surface area is 169 Å². The van der Waals surface area contributed by atoms with Gasteiger partial charge in [-0.15, -0.1) is 0 Å². The van der Waals surface area contributed by atoms with Crippen molar-refractivity contribution in [3.63, 3.8) is 0 Å². The number of pyridine rings is 1. The normalized spacial score (nSPS) is 13.7. The smallest absolute Gasteiger partial charge is 0.341 e. The molecule has 1 fully saturated rings. The molecule has 1 aromatic heterocycles. The standard InChI is InChI=1S/C22H30FN3O3/c23-18-12-16-20(26(15-8-9-15)14-17(21(16)27)22(28)29)13-19(18)25-11-7-5-3-1-2-4-6-10-24/h12-15,25H,1-11,24H2,(H,28,29). The highest BCUT2D eigenvalue weighted by atomic mass is 19.1. The molecule has 0 aliphatic heterocycles. The second-order valence-corrected chi connectivity index (χ2v) is 7.86. The fourth-order valence-corrected chi connectivity index (χ4v) is 3.69. The van der Waals surface area contributed by atoms with E-state index in [4.69, 9.17) is 5.73 Å². The number of rotatable bonds is 12. The molecule has 158 valence electrons. The number of nitrogens with zero attached hydrogens (tertiary/aromatic N) is 1. The Kier molecular flexibility index (Phi) is 7.25. The number of aromatic carboxylic acids is 1. The van der Waals surface area contributed by atoms with Crippen LogP contribution in [0.2, 0.25) is 0 Å². The van der Waals surface area contributed by atoms with E-state index < -0.39 is 17.2 Å². The number of anilines is 1. The minimum Gasteiger partial charge on any atom is -0.477 e. The van der Waals surface area contributed by atoms with Gasteiger partial charge in [0.05, 0.1) is 11.2 Å². The van der Waals surface area contributed by atoms with E-state index in [-0.39, 0.29) is 17.0 Å². The number of unbranched alkanes of at least 4 members (excludes halogenated alkanes) is 6. The van der Waals surface area contributed by atoms with Crippen molar-refractivity contribution in [1.82, 2.24) is 4.57 Å². The highest BCUT2D eigenvalue weighted by Gasteiger charge is 2.27. The van der Waals surface area contributed by atoms with Crippen molar-refractivity contribution in [3.8, 4) is 0 Å². The Hall–Kier alpha value is -2.41. The molecule has 0 radical (unpaired) electrons. The first-order valence-corrected chi connectivity index (χ1v) is 10.6. The number of carboxylic acids is 1. The van der Waals surface area contributed by atoms with Crippen LogP contribution in [-0.2, 0) is 0 Å². The van der Waals surface area contributed by atoms with Crippen molar-refractivity contribution >= 4 is 22.6 Å². The van der Waals surface area contributed by atoms with Crippen LogP contribution in [0, 0.1) is 5.82 Å². The van der Waals surface area contributed by atoms with E-state index in [1.807, 2.05) is 4.57 Å². The van der Waals surface area contributed by atoms with E-state index in [1.165, 1.54) is 31.5 Å². The van der Waals surface area contributed by atoms with Crippen LogP contribution >= 0.6 is 0 Å². The van der Waals surface area contributed by atoms with Gasteiger partial charge in [-0.1, -0.05) is 32.1 Å². The lowest BCUT2D eigenvalue weighted by molar-refractivity contribution is 0.0695. The molecule has 7 heteroatoms. The van der Waals surface area contributed by atoms with Gasteiger partial charge in [0, 0.05) is 24.2 Å². The molecule has 1 saturated carbocycles. The van der Waals surface area contributed by atoms with Crippen LogP contribution in [0.5, 0.6) is 0 Å². The van der Waals surface area contributed by atoms with Gasteiger partial charge in [0.1, 0.15) is 11.4 Å². The van der Waals surface area contributed by atoms with Crippen LogP contribution in [0.3, 0.4) is 0 Å². The lowest BCUT2D eigenvalue weighted by Gasteiger charge is -2.14. The van der Waals surface area contributed by atoms with Crippen LogP contribution in [-0.4, -0.2) is 28.7 Å². The number of halogens is 1. The van der Waals surface area contributed by atoms with Crippen molar-refractivity contribution in [2.24, 2.45) is 5.73 Å². The maximum Gasteiger partial charge on any atom is 0.341 e. The summed E-state index contributed by atoms with van der Waals surface area (Å²) in [6, 6.07) is 2.99. The van der Waals surface area contributed by atoms with Crippen molar-refractivity contribution in [2.75, 3.05) is 18.4 Å². The minimum atomic E-state index is -1.28. The summed E-state index contributed by atoms with van der Waals surface area (Å²) >= 11 is 0. The fraction of sp³-hybridized carbons (Fsp3) is 0.545. The predicted molar refractivity (Wildman–Crippen MR) is 113 cm³/mol. The molecule has 3 rings (SSSR count). The maximum atomic E-state index is 14.6. The number of fused-ring (bicyclic) bond motifs is 1. The topological polar surface area (TPSA) is 97.3 Å². The van der Waals surface area contributed by atoms with Gasteiger partial charge in [-0.05, 0) is 44.4 Å². The molecular weight excluding hydrogens is 373 g/mol. The first-order chi connectivity index (χ1) is 14.0. The first-order valence-electron chi connectivity index (χ1n) is 10.6. The van der Waals surface area contributed by atoms with E-state index in [9.17, 15) is 19.1 Å². The van der Waals surface area contributed by atoms with Gasteiger partial charge in [-0.3, -0.25) is 4.79 Å². The van der Waals surface area contributed by atoms with Gasteiger partial charge < -0.3 is 20.7 Å². The number of benzene rings is 1. The number of carbonyl (C=O) groups is 1. The average molecular weight is 403 g/mol. The van der Waals surface area contributed by atoms with E-state index in [1.54, 1.807) is 6.07 Å². The van der Waals surface area contributed by atoms with Gasteiger partial charge in [-0.25, -0.2) is 9.18 Å². The second kappa shape index (κ2) is 9.87. The van der Waals surface area contributed by atoms with E-state index in [2.05, 4.69) is 5.32 Å². The summed E-state index contributed by atoms with van der Waals surface area (Å²) in [7, 11) is 0. The van der Waals surface area contributed by atoms with Crippen molar-refractivity contribution in [2.45, 2.75) is 63.8 Å². The lowest BCUT2D eigenvalue weighted by Crippen LogP contribution is -2.19. The predicted octanol–water partition coefficient (Wildman–Crippen LogP) is 4.28. The van der Waals surface area contributed by atoms with Crippen LogP contribution in [0.15, 0.2) is 23.1 Å². The Balaban J connectivity index is 1.66. The summed E-state index contributed by atoms with van der Waals surface area (Å²) in [6.07, 6.45) is 11.1. The first kappa shape index (κ1) is 21.3. The van der Waals surface area contributed by atoms with Gasteiger partial charge in [0.2, 0.25) is 5.43 Å². The van der Waals surface area contributed by atoms with Crippen LogP contribution in [0.4, 0.5) is 10.1 Å². The number of hydrogen-bond acceptors (Lipinski definition) is 4. The Bertz CT molecular complexity index is 922. The monoisotopic (exact) mass is 403 g/mol. The second-order valence-electron chi connectivity index (χ2n) is 7.86. The average Bonchev–Trinajstić information content (AvgIpc) is 3.52. The van der Waals surface area contributed by atoms with Gasteiger partial charge in [-0.2, -0.15) is 0 Å². The molecule has 0 amide bonds. The van der Waals surface area contributed by atoms with Crippen LogP contribution in [0.1, 0.15) is 74.2 Å². The quantitative estimate of drug-likeness (QED) is 0.460. The SMILES string of the molecule is NCCCCCCCCCNc1cc2c(cc1F)c(=O)c(C(=O)O)cn2C1CC1. The zero-order chi connectivity index (χ0) is 20.8. The summed E-state index contributed by atoms with van der Waals surface area (Å²) in [4.78, 5) is 23.9. The molecule has 1 aliphatic rings. The fourth-order valence-electron chi connectivity index (χ4n) is 3.69. The third-order valence-corrected chi connectivity index (χ3v) is 5.49. The highest BCUT2D eigenvalue weighted by Crippen LogP contribution is 2.37. The summed E-state index contributed by atoms with van der Waals surface area (Å²) in [5.41, 5.74) is 5.49. The Morgan fingerprint density at radius 1 is 1.14 bits per heavy atom. The number of nitrogens with two attached hydrogens (primary N) is 1. The van der Waals surface area contributed by atoms with E-state index >= 15 is 0 Å². The number of carboxylic acid groups (broad SMARTS) is 1. The number of aromatic nitrogens is 1. The summed E-state index contributed by atoms with van der Waals surface area (Å²) in [6.45, 7) is 1.42. The molecule has 0 atom stereocenters. The van der Waals surface area contributed by atoms with Crippen molar-refractivity contribution < 1.29 is 14.3 Å². The largest absolute Gasteiger partial charge is 0.477 e. The molecule has 1 heterocycles. The maximum absolute atomic E-state index is 14.6.